The van der Waals surface area contributed by atoms with Crippen molar-refractivity contribution in [3.05, 3.63) is 34.9 Å². The molecule has 0 unspecified atom stereocenters. The zero-order valence-corrected chi connectivity index (χ0v) is 15.5. The Kier molecular flexibility index (Phi) is 4.83. The van der Waals surface area contributed by atoms with Gasteiger partial charge in [0.2, 0.25) is 5.91 Å². The number of carbonyl (C=O) groups is 1. The molecule has 1 aliphatic carbocycles. The van der Waals surface area contributed by atoms with Crippen molar-refractivity contribution >= 4 is 5.91 Å². The van der Waals surface area contributed by atoms with Crippen molar-refractivity contribution < 1.29 is 9.53 Å². The maximum Gasteiger partial charge on any atom is 0.237 e. The number of amides is 1. The van der Waals surface area contributed by atoms with E-state index in [0.717, 1.165) is 51.9 Å². The molecule has 1 aromatic carbocycles. The normalized spacial score (nSPS) is 30.4. The number of carbonyl (C=O) groups excluding carboxylic acids is 1. The van der Waals surface area contributed by atoms with E-state index in [9.17, 15) is 4.79 Å². The summed E-state index contributed by atoms with van der Waals surface area (Å²) in [5, 5.41) is 3.41. The van der Waals surface area contributed by atoms with Crippen LogP contribution in [0.3, 0.4) is 0 Å². The monoisotopic (exact) mass is 342 g/mol. The molecule has 2 saturated heterocycles. The lowest BCUT2D eigenvalue weighted by molar-refractivity contribution is -0.128. The average Bonchev–Trinajstić information content (AvgIpc) is 3.21. The van der Waals surface area contributed by atoms with E-state index in [0.29, 0.717) is 12.0 Å². The second-order valence-electron chi connectivity index (χ2n) is 8.11. The summed E-state index contributed by atoms with van der Waals surface area (Å²) in [7, 11) is 0. The minimum Gasteiger partial charge on any atom is -0.381 e. The molecule has 0 radical (unpaired) electrons. The molecule has 3 aliphatic rings. The van der Waals surface area contributed by atoms with Crippen LogP contribution < -0.4 is 5.32 Å². The van der Waals surface area contributed by atoms with E-state index in [1.807, 2.05) is 0 Å². The number of aryl methyl sites for hydroxylation is 1. The Morgan fingerprint density at radius 2 is 2.04 bits per heavy atom. The van der Waals surface area contributed by atoms with Gasteiger partial charge in [-0.1, -0.05) is 30.7 Å². The van der Waals surface area contributed by atoms with Crippen LogP contribution in [0.1, 0.15) is 55.3 Å². The summed E-state index contributed by atoms with van der Waals surface area (Å²) < 4.78 is 5.50. The predicted molar refractivity (Wildman–Crippen MR) is 98.5 cm³/mol. The number of nitrogens with zero attached hydrogens (tertiary/aromatic N) is 1. The fraction of sp³-hybridized carbons (Fsp3) is 0.667. The van der Waals surface area contributed by atoms with E-state index < -0.39 is 0 Å². The van der Waals surface area contributed by atoms with Crippen LogP contribution >= 0.6 is 0 Å². The van der Waals surface area contributed by atoms with Crippen LogP contribution in [-0.2, 0) is 16.0 Å². The summed E-state index contributed by atoms with van der Waals surface area (Å²) in [5.41, 5.74) is 4.00. The van der Waals surface area contributed by atoms with Gasteiger partial charge in [-0.15, -0.1) is 0 Å². The SMILES string of the molecule is Cc1ccc2c(c1)[C@H](NC(=O)[C@H]1CCCN1C1CCOCC1)[C@@H](C)C2. The molecule has 2 heterocycles. The van der Waals surface area contributed by atoms with Crippen LogP contribution in [0.15, 0.2) is 18.2 Å². The third-order valence-electron chi connectivity index (χ3n) is 6.30. The van der Waals surface area contributed by atoms with Gasteiger partial charge in [-0.3, -0.25) is 9.69 Å². The molecule has 1 amide bonds. The first-order valence-electron chi connectivity index (χ1n) is 9.87. The first kappa shape index (κ1) is 17.0. The second kappa shape index (κ2) is 7.08. The van der Waals surface area contributed by atoms with E-state index in [1.165, 1.54) is 16.7 Å². The van der Waals surface area contributed by atoms with Gasteiger partial charge in [0.1, 0.15) is 0 Å². The van der Waals surface area contributed by atoms with Crippen LogP contribution in [0.4, 0.5) is 0 Å². The molecule has 1 aromatic rings. The fourth-order valence-electron chi connectivity index (χ4n) is 4.95. The van der Waals surface area contributed by atoms with E-state index in [1.54, 1.807) is 0 Å². The lowest BCUT2D eigenvalue weighted by atomic mass is 10.0. The van der Waals surface area contributed by atoms with Crippen molar-refractivity contribution in [1.29, 1.82) is 0 Å². The van der Waals surface area contributed by atoms with Gasteiger partial charge in [-0.2, -0.15) is 0 Å². The molecule has 2 fully saturated rings. The van der Waals surface area contributed by atoms with Crippen molar-refractivity contribution in [3.8, 4) is 0 Å². The number of rotatable bonds is 3. The molecule has 0 bridgehead atoms. The summed E-state index contributed by atoms with van der Waals surface area (Å²) >= 11 is 0. The Bertz CT molecular complexity index is 639. The van der Waals surface area contributed by atoms with Crippen LogP contribution in [0.2, 0.25) is 0 Å². The first-order chi connectivity index (χ1) is 12.1. The van der Waals surface area contributed by atoms with E-state index in [2.05, 4.69) is 42.3 Å². The molecule has 3 atom stereocenters. The summed E-state index contributed by atoms with van der Waals surface area (Å²) in [6.07, 6.45) is 5.31. The van der Waals surface area contributed by atoms with Crippen molar-refractivity contribution in [3.63, 3.8) is 0 Å². The van der Waals surface area contributed by atoms with Crippen molar-refractivity contribution in [2.24, 2.45) is 5.92 Å². The summed E-state index contributed by atoms with van der Waals surface area (Å²) in [5.74, 6) is 0.703. The highest BCUT2D eigenvalue weighted by Gasteiger charge is 2.38. The van der Waals surface area contributed by atoms with Crippen LogP contribution in [-0.4, -0.2) is 42.6 Å². The van der Waals surface area contributed by atoms with E-state index in [-0.39, 0.29) is 18.0 Å². The van der Waals surface area contributed by atoms with Gasteiger partial charge < -0.3 is 10.1 Å². The van der Waals surface area contributed by atoms with Crippen molar-refractivity contribution in [2.45, 2.75) is 64.1 Å². The molecule has 136 valence electrons. The minimum absolute atomic E-state index is 0.0455. The van der Waals surface area contributed by atoms with Crippen molar-refractivity contribution in [2.75, 3.05) is 19.8 Å². The molecule has 4 rings (SSSR count). The third kappa shape index (κ3) is 3.34. The summed E-state index contributed by atoms with van der Waals surface area (Å²) in [6.45, 7) is 7.11. The van der Waals surface area contributed by atoms with Gasteiger partial charge in [0.25, 0.3) is 0 Å². The number of benzene rings is 1. The van der Waals surface area contributed by atoms with Crippen LogP contribution in [0.5, 0.6) is 0 Å². The van der Waals surface area contributed by atoms with E-state index in [4.69, 9.17) is 4.74 Å². The Morgan fingerprint density at radius 3 is 2.84 bits per heavy atom. The highest BCUT2D eigenvalue weighted by atomic mass is 16.5. The van der Waals surface area contributed by atoms with Gasteiger partial charge in [0, 0.05) is 19.3 Å². The highest BCUT2D eigenvalue weighted by molar-refractivity contribution is 5.82. The highest BCUT2D eigenvalue weighted by Crippen LogP contribution is 2.37. The second-order valence-corrected chi connectivity index (χ2v) is 8.11. The van der Waals surface area contributed by atoms with Crippen LogP contribution in [0, 0.1) is 12.8 Å². The Labute approximate surface area is 150 Å². The molecular weight excluding hydrogens is 312 g/mol. The van der Waals surface area contributed by atoms with E-state index >= 15 is 0 Å². The van der Waals surface area contributed by atoms with Gasteiger partial charge in [-0.05, 0) is 62.6 Å². The largest absolute Gasteiger partial charge is 0.381 e. The Balaban J connectivity index is 1.47. The number of hydrogen-bond donors (Lipinski definition) is 1. The molecule has 0 spiro atoms. The smallest absolute Gasteiger partial charge is 0.237 e. The maximum absolute atomic E-state index is 13.1. The van der Waals surface area contributed by atoms with Crippen molar-refractivity contribution in [1.82, 2.24) is 10.2 Å². The summed E-state index contributed by atoms with van der Waals surface area (Å²) in [4.78, 5) is 15.6. The number of hydrogen-bond acceptors (Lipinski definition) is 3. The van der Waals surface area contributed by atoms with Gasteiger partial charge in [0.05, 0.1) is 12.1 Å². The van der Waals surface area contributed by atoms with Crippen LogP contribution in [0.25, 0.3) is 0 Å². The number of fused-ring (bicyclic) bond motifs is 1. The van der Waals surface area contributed by atoms with Gasteiger partial charge >= 0.3 is 0 Å². The van der Waals surface area contributed by atoms with Gasteiger partial charge in [-0.25, -0.2) is 0 Å². The zero-order chi connectivity index (χ0) is 17.4. The quantitative estimate of drug-likeness (QED) is 0.918. The lowest BCUT2D eigenvalue weighted by Crippen LogP contribution is -2.50. The molecule has 4 nitrogen and oxygen atoms in total. The third-order valence-corrected chi connectivity index (χ3v) is 6.30. The molecule has 0 saturated carbocycles. The number of likely N-dealkylation sites (tertiary alicyclic amines) is 1. The van der Waals surface area contributed by atoms with Gasteiger partial charge in [0.15, 0.2) is 0 Å². The Hall–Kier alpha value is -1.39. The molecular formula is C21H30N2O2. The maximum atomic E-state index is 13.1. The zero-order valence-electron chi connectivity index (χ0n) is 15.5. The molecule has 2 aliphatic heterocycles. The molecule has 4 heteroatoms. The standard InChI is InChI=1S/C21H30N2O2/c1-14-5-6-16-13-15(2)20(18(16)12-14)22-21(24)19-4-3-9-23(19)17-7-10-25-11-8-17/h5-6,12,15,17,19-20H,3-4,7-11,13H2,1-2H3,(H,22,24)/t15-,19+,20+/m0/s1. The predicted octanol–water partition coefficient (Wildman–Crippen LogP) is 2.99. The topological polar surface area (TPSA) is 41.6 Å². The lowest BCUT2D eigenvalue weighted by Gasteiger charge is -2.35. The fourth-order valence-corrected chi connectivity index (χ4v) is 4.95. The average molecular weight is 342 g/mol. The Morgan fingerprint density at radius 1 is 1.24 bits per heavy atom. The number of nitrogens with one attached hydrogen (secondary N) is 1. The molecule has 1 N–H and O–H groups in total. The minimum atomic E-state index is 0.0455. The first-order valence-corrected chi connectivity index (χ1v) is 9.87. The summed E-state index contributed by atoms with van der Waals surface area (Å²) in [6, 6.07) is 7.40. The molecule has 25 heavy (non-hydrogen) atoms. The number of ether oxygens (including phenoxy) is 1. The molecule has 0 aromatic heterocycles.